The SMILES string of the molecule is C=Cc1ccccc1C(Cc1ccccc1C)OC. The average Bonchev–Trinajstić information content (AvgIpc) is 2.46. The van der Waals surface area contributed by atoms with E-state index in [0.717, 1.165) is 12.0 Å². The molecule has 0 heterocycles. The van der Waals surface area contributed by atoms with Crippen LogP contribution in [0.25, 0.3) is 6.08 Å². The molecule has 19 heavy (non-hydrogen) atoms. The smallest absolute Gasteiger partial charge is 0.0867 e. The summed E-state index contributed by atoms with van der Waals surface area (Å²) in [6.07, 6.45) is 2.84. The molecule has 0 amide bonds. The van der Waals surface area contributed by atoms with Gasteiger partial charge in [-0.1, -0.05) is 61.2 Å². The lowest BCUT2D eigenvalue weighted by Gasteiger charge is -2.19. The van der Waals surface area contributed by atoms with Crippen molar-refractivity contribution in [1.29, 1.82) is 0 Å². The quantitative estimate of drug-likeness (QED) is 0.757. The first-order chi connectivity index (χ1) is 9.26. The lowest BCUT2D eigenvalue weighted by atomic mass is 9.95. The van der Waals surface area contributed by atoms with Gasteiger partial charge in [0.25, 0.3) is 0 Å². The molecule has 0 aliphatic carbocycles. The second-order valence-electron chi connectivity index (χ2n) is 4.69. The van der Waals surface area contributed by atoms with Crippen LogP contribution in [0.2, 0.25) is 0 Å². The molecule has 2 aromatic carbocycles. The molecule has 1 heteroatoms. The van der Waals surface area contributed by atoms with E-state index in [0.29, 0.717) is 0 Å². The van der Waals surface area contributed by atoms with E-state index in [2.05, 4.69) is 49.9 Å². The van der Waals surface area contributed by atoms with Crippen LogP contribution in [0.1, 0.15) is 28.4 Å². The predicted octanol–water partition coefficient (Wildman–Crippen LogP) is 4.57. The van der Waals surface area contributed by atoms with Gasteiger partial charge in [-0.3, -0.25) is 0 Å². The average molecular weight is 252 g/mol. The molecule has 0 aliphatic heterocycles. The molecule has 0 fully saturated rings. The Morgan fingerprint density at radius 2 is 1.79 bits per heavy atom. The van der Waals surface area contributed by atoms with E-state index < -0.39 is 0 Å². The van der Waals surface area contributed by atoms with Crippen LogP contribution in [-0.2, 0) is 11.2 Å². The van der Waals surface area contributed by atoms with Crippen LogP contribution in [0.3, 0.4) is 0 Å². The Morgan fingerprint density at radius 3 is 2.47 bits per heavy atom. The van der Waals surface area contributed by atoms with Crippen LogP contribution in [0.5, 0.6) is 0 Å². The molecule has 0 N–H and O–H groups in total. The molecule has 0 bridgehead atoms. The van der Waals surface area contributed by atoms with E-state index in [1.54, 1.807) is 7.11 Å². The van der Waals surface area contributed by atoms with E-state index in [-0.39, 0.29) is 6.10 Å². The third kappa shape index (κ3) is 3.12. The Bertz CT molecular complexity index is 557. The Morgan fingerprint density at radius 1 is 1.11 bits per heavy atom. The van der Waals surface area contributed by atoms with Crippen LogP contribution in [0, 0.1) is 6.92 Å². The molecule has 98 valence electrons. The number of rotatable bonds is 5. The number of aryl methyl sites for hydroxylation is 1. The van der Waals surface area contributed by atoms with Gasteiger partial charge in [0.15, 0.2) is 0 Å². The minimum Gasteiger partial charge on any atom is -0.376 e. The Labute approximate surface area is 115 Å². The van der Waals surface area contributed by atoms with E-state index in [9.17, 15) is 0 Å². The molecule has 2 rings (SSSR count). The second kappa shape index (κ2) is 6.35. The largest absolute Gasteiger partial charge is 0.376 e. The number of methoxy groups -OCH3 is 1. The van der Waals surface area contributed by atoms with Crippen molar-refractivity contribution < 1.29 is 4.74 Å². The van der Waals surface area contributed by atoms with Gasteiger partial charge in [-0.15, -0.1) is 0 Å². The highest BCUT2D eigenvalue weighted by molar-refractivity contribution is 5.52. The van der Waals surface area contributed by atoms with Gasteiger partial charge in [0.05, 0.1) is 6.10 Å². The second-order valence-corrected chi connectivity index (χ2v) is 4.69. The first kappa shape index (κ1) is 13.6. The van der Waals surface area contributed by atoms with Crippen molar-refractivity contribution in [3.63, 3.8) is 0 Å². The monoisotopic (exact) mass is 252 g/mol. The number of benzene rings is 2. The van der Waals surface area contributed by atoms with E-state index >= 15 is 0 Å². The van der Waals surface area contributed by atoms with Gasteiger partial charge in [0.2, 0.25) is 0 Å². The fourth-order valence-electron chi connectivity index (χ4n) is 2.35. The molecule has 1 unspecified atom stereocenters. The minimum absolute atomic E-state index is 0.0651. The molecule has 0 spiro atoms. The maximum absolute atomic E-state index is 5.69. The van der Waals surface area contributed by atoms with Crippen LogP contribution in [-0.4, -0.2) is 7.11 Å². The van der Waals surface area contributed by atoms with Gasteiger partial charge in [-0.05, 0) is 29.2 Å². The molecule has 2 aromatic rings. The molecular weight excluding hydrogens is 232 g/mol. The fraction of sp³-hybridized carbons (Fsp3) is 0.222. The summed E-state index contributed by atoms with van der Waals surface area (Å²) in [5.74, 6) is 0. The number of hydrogen-bond donors (Lipinski definition) is 0. The van der Waals surface area contributed by atoms with E-state index in [1.165, 1.54) is 16.7 Å². The fourth-order valence-corrected chi connectivity index (χ4v) is 2.35. The number of hydrogen-bond acceptors (Lipinski definition) is 1. The zero-order valence-electron chi connectivity index (χ0n) is 11.6. The van der Waals surface area contributed by atoms with E-state index in [4.69, 9.17) is 4.74 Å². The third-order valence-electron chi connectivity index (χ3n) is 3.51. The molecule has 0 aromatic heterocycles. The van der Waals surface area contributed by atoms with Crippen molar-refractivity contribution in [2.75, 3.05) is 7.11 Å². The Balaban J connectivity index is 2.30. The molecule has 0 radical (unpaired) electrons. The first-order valence-corrected chi connectivity index (χ1v) is 6.55. The third-order valence-corrected chi connectivity index (χ3v) is 3.51. The Hall–Kier alpha value is -1.86. The van der Waals surface area contributed by atoms with Crippen LogP contribution >= 0.6 is 0 Å². The standard InChI is InChI=1S/C18H20O/c1-4-15-10-7-8-12-17(15)18(19-3)13-16-11-6-5-9-14(16)2/h4-12,18H,1,13H2,2-3H3. The normalized spacial score (nSPS) is 12.1. The number of ether oxygens (including phenoxy) is 1. The maximum Gasteiger partial charge on any atom is 0.0867 e. The summed E-state index contributed by atoms with van der Waals surface area (Å²) >= 11 is 0. The summed E-state index contributed by atoms with van der Waals surface area (Å²) in [5.41, 5.74) is 4.97. The highest BCUT2D eigenvalue weighted by Gasteiger charge is 2.14. The van der Waals surface area contributed by atoms with Gasteiger partial charge in [0, 0.05) is 13.5 Å². The maximum atomic E-state index is 5.69. The van der Waals surface area contributed by atoms with Gasteiger partial charge in [-0.25, -0.2) is 0 Å². The van der Waals surface area contributed by atoms with Gasteiger partial charge < -0.3 is 4.74 Å². The summed E-state index contributed by atoms with van der Waals surface area (Å²) in [5, 5.41) is 0. The molecule has 0 saturated heterocycles. The lowest BCUT2D eigenvalue weighted by Crippen LogP contribution is -2.08. The molecule has 1 atom stereocenters. The van der Waals surface area contributed by atoms with Gasteiger partial charge in [-0.2, -0.15) is 0 Å². The van der Waals surface area contributed by atoms with Crippen LogP contribution in [0.15, 0.2) is 55.1 Å². The topological polar surface area (TPSA) is 9.23 Å². The van der Waals surface area contributed by atoms with Crippen LogP contribution in [0.4, 0.5) is 0 Å². The van der Waals surface area contributed by atoms with Crippen molar-refractivity contribution in [3.8, 4) is 0 Å². The van der Waals surface area contributed by atoms with Gasteiger partial charge >= 0.3 is 0 Å². The first-order valence-electron chi connectivity index (χ1n) is 6.55. The minimum atomic E-state index is 0.0651. The summed E-state index contributed by atoms with van der Waals surface area (Å²) in [6.45, 7) is 6.02. The molecular formula is C18H20O. The molecule has 0 aliphatic rings. The zero-order chi connectivity index (χ0) is 13.7. The molecule has 0 saturated carbocycles. The van der Waals surface area contributed by atoms with Crippen molar-refractivity contribution in [1.82, 2.24) is 0 Å². The summed E-state index contributed by atoms with van der Waals surface area (Å²) in [4.78, 5) is 0. The Kier molecular flexibility index (Phi) is 4.53. The predicted molar refractivity (Wildman–Crippen MR) is 81.2 cm³/mol. The van der Waals surface area contributed by atoms with E-state index in [1.807, 2.05) is 18.2 Å². The van der Waals surface area contributed by atoms with Crippen molar-refractivity contribution in [3.05, 3.63) is 77.4 Å². The highest BCUT2D eigenvalue weighted by atomic mass is 16.5. The van der Waals surface area contributed by atoms with Crippen molar-refractivity contribution in [2.24, 2.45) is 0 Å². The zero-order valence-corrected chi connectivity index (χ0v) is 11.6. The van der Waals surface area contributed by atoms with Crippen molar-refractivity contribution >= 4 is 6.08 Å². The van der Waals surface area contributed by atoms with Crippen LogP contribution < -0.4 is 0 Å². The summed E-state index contributed by atoms with van der Waals surface area (Å²) < 4.78 is 5.69. The lowest BCUT2D eigenvalue weighted by molar-refractivity contribution is 0.103. The van der Waals surface area contributed by atoms with Gasteiger partial charge in [0.1, 0.15) is 0 Å². The summed E-state index contributed by atoms with van der Waals surface area (Å²) in [7, 11) is 1.77. The highest BCUT2D eigenvalue weighted by Crippen LogP contribution is 2.26. The van der Waals surface area contributed by atoms with Crippen molar-refractivity contribution in [2.45, 2.75) is 19.4 Å². The molecule has 1 nitrogen and oxygen atoms in total. The summed E-state index contributed by atoms with van der Waals surface area (Å²) in [6, 6.07) is 16.7.